The fraction of sp³-hybridized carbons (Fsp3) is 0.286. The van der Waals surface area contributed by atoms with Crippen molar-refractivity contribution >= 4 is 5.92 Å². The van der Waals surface area contributed by atoms with Crippen LogP contribution >= 0.6 is 0 Å². The quantitative estimate of drug-likeness (QED) is 0.359. The second-order valence-electron chi connectivity index (χ2n) is 9.24. The summed E-state index contributed by atoms with van der Waals surface area (Å²) >= 11 is -1.79. The first kappa shape index (κ1) is 21.7. The molecule has 0 nitrogen and oxygen atoms in total. The molecule has 2 aliphatic rings. The third kappa shape index (κ3) is 5.04. The first-order chi connectivity index (χ1) is 14.5. The first-order valence-electron chi connectivity index (χ1n) is 11.2. The molecule has 0 aliphatic heterocycles. The van der Waals surface area contributed by atoms with E-state index in [2.05, 4.69) is 99.8 Å². The van der Waals surface area contributed by atoms with Crippen molar-refractivity contribution in [3.8, 4) is 0 Å². The van der Waals surface area contributed by atoms with Crippen molar-refractivity contribution in [3.05, 3.63) is 113 Å². The van der Waals surface area contributed by atoms with E-state index < -0.39 is 26.8 Å². The van der Waals surface area contributed by atoms with Gasteiger partial charge in [0.15, 0.2) is 0 Å². The Balaban J connectivity index is 1.57. The summed E-state index contributed by atoms with van der Waals surface area (Å²) in [4.78, 5) is 0. The number of rotatable bonds is 7. The predicted molar refractivity (Wildman–Crippen MR) is 130 cm³/mol. The van der Waals surface area contributed by atoms with Crippen LogP contribution in [0.15, 0.2) is 102 Å². The van der Waals surface area contributed by atoms with Crippen LogP contribution in [0.5, 0.6) is 0 Å². The van der Waals surface area contributed by atoms with Crippen LogP contribution in [-0.2, 0) is 33.8 Å². The fourth-order valence-electron chi connectivity index (χ4n) is 4.95. The second-order valence-corrected chi connectivity index (χ2v) is 28.2. The van der Waals surface area contributed by atoms with Crippen molar-refractivity contribution in [2.45, 2.75) is 52.6 Å². The average Bonchev–Trinajstić information content (AvgIpc) is 3.26. The van der Waals surface area contributed by atoms with Crippen LogP contribution in [0.1, 0.15) is 37.8 Å². The van der Waals surface area contributed by atoms with Crippen molar-refractivity contribution in [3.63, 3.8) is 0 Å². The molecule has 0 amide bonds. The maximum absolute atomic E-state index is 2.65. The van der Waals surface area contributed by atoms with Crippen molar-refractivity contribution in [1.29, 1.82) is 0 Å². The van der Waals surface area contributed by atoms with Gasteiger partial charge in [0.1, 0.15) is 0 Å². The van der Waals surface area contributed by atoms with Crippen LogP contribution in [-0.4, -0.2) is 5.92 Å². The molecule has 0 unspecified atom stereocenters. The summed E-state index contributed by atoms with van der Waals surface area (Å²) in [6.07, 6.45) is 9.92. The van der Waals surface area contributed by atoms with Gasteiger partial charge in [-0.3, -0.25) is 0 Å². The van der Waals surface area contributed by atoms with Crippen molar-refractivity contribution < 1.29 is 20.9 Å². The molecule has 2 aromatic carbocycles. The summed E-state index contributed by atoms with van der Waals surface area (Å²) in [5.74, 6) is -0.701. The molecule has 0 aromatic heterocycles. The fourth-order valence-corrected chi connectivity index (χ4v) is 24.4. The molecule has 0 atom stereocenters. The minimum atomic E-state index is -1.79. The summed E-state index contributed by atoms with van der Waals surface area (Å²) in [7, 11) is 0. The molecule has 2 heteroatoms. The number of allylic oxidation sites excluding steroid dienone is 8. The SMILES string of the molecule is CC1=[C]([Zr]([C]2=C(C)CC(Cc3ccccc3)=C2)[SiH](C)C)C=C(Cc2ccccc2)C1. The van der Waals surface area contributed by atoms with Crippen LogP contribution < -0.4 is 0 Å². The topological polar surface area (TPSA) is 0 Å². The maximum atomic E-state index is 2.65. The Morgan fingerprint density at radius 2 is 1.07 bits per heavy atom. The van der Waals surface area contributed by atoms with Gasteiger partial charge >= 0.3 is 192 Å². The Morgan fingerprint density at radius 1 is 0.667 bits per heavy atom. The minimum absolute atomic E-state index is 0.701. The van der Waals surface area contributed by atoms with Gasteiger partial charge in [-0.05, 0) is 0 Å². The van der Waals surface area contributed by atoms with E-state index in [0.29, 0.717) is 0 Å². The third-order valence-corrected chi connectivity index (χ3v) is 25.3. The van der Waals surface area contributed by atoms with E-state index >= 15 is 0 Å². The van der Waals surface area contributed by atoms with Crippen molar-refractivity contribution in [2.24, 2.45) is 0 Å². The number of hydrogen-bond acceptors (Lipinski definition) is 0. The van der Waals surface area contributed by atoms with E-state index in [-0.39, 0.29) is 0 Å². The standard InChI is InChI=1S/2C13H13.C2H7Si.Zr/c2*1-11-7-8-13(9-11)10-12-5-3-2-4-6-12;1-3-2;/h2*2-6,8H,9-10H2,1H3;3H,1-2H3;. The van der Waals surface area contributed by atoms with Crippen LogP contribution in [0, 0.1) is 0 Å². The monoisotopic (exact) mass is 487 g/mol. The van der Waals surface area contributed by atoms with Crippen LogP contribution in [0.3, 0.4) is 0 Å². The van der Waals surface area contributed by atoms with Gasteiger partial charge in [-0.25, -0.2) is 0 Å². The zero-order chi connectivity index (χ0) is 21.1. The van der Waals surface area contributed by atoms with Gasteiger partial charge in [-0.1, -0.05) is 0 Å². The Kier molecular flexibility index (Phi) is 7.06. The molecule has 30 heavy (non-hydrogen) atoms. The average molecular weight is 489 g/mol. The van der Waals surface area contributed by atoms with Gasteiger partial charge in [0, 0.05) is 0 Å². The molecule has 0 heterocycles. The summed E-state index contributed by atoms with van der Waals surface area (Å²) in [6.45, 7) is 10.1. The van der Waals surface area contributed by atoms with Crippen LogP contribution in [0.2, 0.25) is 13.1 Å². The predicted octanol–water partition coefficient (Wildman–Crippen LogP) is 7.28. The van der Waals surface area contributed by atoms with E-state index in [1.54, 1.807) is 22.3 Å². The molecule has 0 radical (unpaired) electrons. The van der Waals surface area contributed by atoms with Gasteiger partial charge in [-0.15, -0.1) is 0 Å². The van der Waals surface area contributed by atoms with Gasteiger partial charge in [0.25, 0.3) is 0 Å². The first-order valence-corrected chi connectivity index (χ1v) is 20.9. The molecular weight excluding hydrogens is 456 g/mol. The summed E-state index contributed by atoms with van der Waals surface area (Å²) in [5.41, 5.74) is 9.53. The normalized spacial score (nSPS) is 16.4. The second kappa shape index (κ2) is 9.75. The molecule has 0 bridgehead atoms. The molecular formula is C28H33SiZr. The number of hydrogen-bond donors (Lipinski definition) is 0. The van der Waals surface area contributed by atoms with Gasteiger partial charge in [0.2, 0.25) is 0 Å². The Bertz CT molecular complexity index is 941. The van der Waals surface area contributed by atoms with E-state index in [1.165, 1.54) is 24.0 Å². The molecule has 153 valence electrons. The van der Waals surface area contributed by atoms with E-state index in [4.69, 9.17) is 0 Å². The zero-order valence-corrected chi connectivity index (χ0v) is 22.4. The van der Waals surface area contributed by atoms with Crippen molar-refractivity contribution in [2.75, 3.05) is 0 Å². The molecule has 0 saturated carbocycles. The van der Waals surface area contributed by atoms with Crippen LogP contribution in [0.4, 0.5) is 0 Å². The zero-order valence-electron chi connectivity index (χ0n) is 18.8. The van der Waals surface area contributed by atoms with Crippen molar-refractivity contribution in [1.82, 2.24) is 0 Å². The van der Waals surface area contributed by atoms with E-state index in [0.717, 1.165) is 12.8 Å². The Labute approximate surface area is 191 Å². The van der Waals surface area contributed by atoms with Gasteiger partial charge in [-0.2, -0.15) is 0 Å². The molecule has 2 aliphatic carbocycles. The molecule has 0 saturated heterocycles. The molecule has 0 fully saturated rings. The Morgan fingerprint density at radius 3 is 1.43 bits per heavy atom. The molecule has 0 spiro atoms. The van der Waals surface area contributed by atoms with Crippen LogP contribution in [0.25, 0.3) is 0 Å². The number of benzene rings is 2. The van der Waals surface area contributed by atoms with E-state index in [9.17, 15) is 0 Å². The van der Waals surface area contributed by atoms with E-state index in [1.807, 2.05) is 6.56 Å². The third-order valence-electron chi connectivity index (χ3n) is 6.31. The Hall–Kier alpha value is -1.50. The van der Waals surface area contributed by atoms with Gasteiger partial charge in [0.05, 0.1) is 0 Å². The van der Waals surface area contributed by atoms with Gasteiger partial charge < -0.3 is 0 Å². The molecule has 2 aromatic rings. The molecule has 4 rings (SSSR count). The summed E-state index contributed by atoms with van der Waals surface area (Å²) < 4.78 is 3.66. The molecule has 0 N–H and O–H groups in total. The summed E-state index contributed by atoms with van der Waals surface area (Å²) in [6, 6.07) is 22.0. The summed E-state index contributed by atoms with van der Waals surface area (Å²) in [5, 5.41) is 0.